The van der Waals surface area contributed by atoms with Gasteiger partial charge in [-0.1, -0.05) is 25.5 Å². The van der Waals surface area contributed by atoms with Crippen LogP contribution in [0.1, 0.15) is 38.7 Å². The van der Waals surface area contributed by atoms with Gasteiger partial charge in [-0.2, -0.15) is 0 Å². The number of guanidine groups is 1. The summed E-state index contributed by atoms with van der Waals surface area (Å²) < 4.78 is 11.1. The van der Waals surface area contributed by atoms with Gasteiger partial charge in [0.25, 0.3) is 0 Å². The van der Waals surface area contributed by atoms with E-state index in [0.717, 1.165) is 57.4 Å². The number of benzene rings is 1. The lowest BCUT2D eigenvalue weighted by Gasteiger charge is -2.21. The number of unbranched alkanes of at least 4 members (excludes halogenated alkanes) is 1. The molecule has 140 valence electrons. The summed E-state index contributed by atoms with van der Waals surface area (Å²) in [7, 11) is 1.78. The van der Waals surface area contributed by atoms with E-state index in [2.05, 4.69) is 36.2 Å². The summed E-state index contributed by atoms with van der Waals surface area (Å²) in [6, 6.07) is 8.27. The highest BCUT2D eigenvalue weighted by atomic mass is 16.5. The Morgan fingerprint density at radius 2 is 2.24 bits per heavy atom. The Balaban J connectivity index is 1.95. The lowest BCUT2D eigenvalue weighted by atomic mass is 10.1. The van der Waals surface area contributed by atoms with Gasteiger partial charge in [-0.05, 0) is 37.5 Å². The lowest BCUT2D eigenvalue weighted by Crippen LogP contribution is -2.40. The summed E-state index contributed by atoms with van der Waals surface area (Å²) in [5.41, 5.74) is 1.18. The van der Waals surface area contributed by atoms with Gasteiger partial charge in [0.1, 0.15) is 5.75 Å². The standard InChI is InChI=1S/C20H33N3O2/c1-4-6-12-25-19-9-7-8-17(13-19)14-22-20(21-5-2)23-11-10-18(15-23)16-24-3/h7-9,13,18H,4-6,10-12,14-16H2,1-3H3,(H,21,22). The van der Waals surface area contributed by atoms with Crippen molar-refractivity contribution in [1.82, 2.24) is 10.2 Å². The van der Waals surface area contributed by atoms with Gasteiger partial charge in [-0.15, -0.1) is 0 Å². The fourth-order valence-electron chi connectivity index (χ4n) is 3.06. The number of nitrogens with one attached hydrogen (secondary N) is 1. The van der Waals surface area contributed by atoms with Gasteiger partial charge in [0.15, 0.2) is 5.96 Å². The van der Waals surface area contributed by atoms with Crippen LogP contribution >= 0.6 is 0 Å². The van der Waals surface area contributed by atoms with E-state index in [1.54, 1.807) is 7.11 Å². The summed E-state index contributed by atoms with van der Waals surface area (Å²) in [4.78, 5) is 7.17. The van der Waals surface area contributed by atoms with Crippen LogP contribution < -0.4 is 10.1 Å². The molecular formula is C20H33N3O2. The first-order valence-electron chi connectivity index (χ1n) is 9.50. The summed E-state index contributed by atoms with van der Waals surface area (Å²) in [5, 5.41) is 3.42. The second kappa shape index (κ2) is 11.0. The highest BCUT2D eigenvalue weighted by Gasteiger charge is 2.24. The summed E-state index contributed by atoms with van der Waals surface area (Å²) in [5.74, 6) is 2.54. The number of nitrogens with zero attached hydrogens (tertiary/aromatic N) is 2. The number of likely N-dealkylation sites (tertiary alicyclic amines) is 1. The maximum atomic E-state index is 5.79. The minimum atomic E-state index is 0.601. The molecule has 1 fully saturated rings. The Bertz CT molecular complexity index is 533. The van der Waals surface area contributed by atoms with E-state index in [1.165, 1.54) is 12.0 Å². The molecular weight excluding hydrogens is 314 g/mol. The van der Waals surface area contributed by atoms with Gasteiger partial charge in [0.05, 0.1) is 19.8 Å². The molecule has 0 aliphatic carbocycles. The van der Waals surface area contributed by atoms with Crippen molar-refractivity contribution >= 4 is 5.96 Å². The molecule has 1 heterocycles. The van der Waals surface area contributed by atoms with Gasteiger partial charge in [0.2, 0.25) is 0 Å². The minimum absolute atomic E-state index is 0.601. The van der Waals surface area contributed by atoms with Crippen molar-refractivity contribution in [1.29, 1.82) is 0 Å². The fraction of sp³-hybridized carbons (Fsp3) is 0.650. The van der Waals surface area contributed by atoms with Crippen LogP contribution in [0.15, 0.2) is 29.3 Å². The molecule has 1 aliphatic rings. The highest BCUT2D eigenvalue weighted by Crippen LogP contribution is 2.18. The van der Waals surface area contributed by atoms with Crippen LogP contribution in [0.3, 0.4) is 0 Å². The zero-order valence-electron chi connectivity index (χ0n) is 16.0. The highest BCUT2D eigenvalue weighted by molar-refractivity contribution is 5.80. The number of methoxy groups -OCH3 is 1. The number of hydrogen-bond donors (Lipinski definition) is 1. The maximum Gasteiger partial charge on any atom is 0.194 e. The third-order valence-electron chi connectivity index (χ3n) is 4.40. The molecule has 1 unspecified atom stereocenters. The molecule has 0 saturated carbocycles. The monoisotopic (exact) mass is 347 g/mol. The zero-order valence-corrected chi connectivity index (χ0v) is 16.0. The fourth-order valence-corrected chi connectivity index (χ4v) is 3.06. The molecule has 1 saturated heterocycles. The number of rotatable bonds is 9. The first-order valence-corrected chi connectivity index (χ1v) is 9.50. The summed E-state index contributed by atoms with van der Waals surface area (Å²) in [6.07, 6.45) is 3.40. The topological polar surface area (TPSA) is 46.1 Å². The van der Waals surface area contributed by atoms with E-state index in [-0.39, 0.29) is 0 Å². The first-order chi connectivity index (χ1) is 12.3. The van der Waals surface area contributed by atoms with Gasteiger partial charge in [0, 0.05) is 32.7 Å². The van der Waals surface area contributed by atoms with Crippen molar-refractivity contribution in [3.63, 3.8) is 0 Å². The normalized spacial score (nSPS) is 17.8. The molecule has 5 nitrogen and oxygen atoms in total. The Hall–Kier alpha value is -1.75. The Labute approximate surface area is 152 Å². The Kier molecular flexibility index (Phi) is 8.60. The van der Waals surface area contributed by atoms with Crippen molar-refractivity contribution < 1.29 is 9.47 Å². The minimum Gasteiger partial charge on any atom is -0.494 e. The van der Waals surface area contributed by atoms with Gasteiger partial charge >= 0.3 is 0 Å². The molecule has 0 amide bonds. The number of ether oxygens (including phenoxy) is 2. The number of hydrogen-bond acceptors (Lipinski definition) is 3. The number of aliphatic imine (C=N–C) groups is 1. The average Bonchev–Trinajstić information content (AvgIpc) is 3.08. The van der Waals surface area contributed by atoms with Gasteiger partial charge in [-0.25, -0.2) is 4.99 Å². The van der Waals surface area contributed by atoms with Crippen LogP contribution in [0.2, 0.25) is 0 Å². The smallest absolute Gasteiger partial charge is 0.194 e. The summed E-state index contributed by atoms with van der Waals surface area (Å²) in [6.45, 7) is 9.49. The van der Waals surface area contributed by atoms with E-state index in [0.29, 0.717) is 12.5 Å². The SMILES string of the molecule is CCCCOc1cccc(CN=C(NCC)N2CCC(COC)C2)c1. The predicted octanol–water partition coefficient (Wildman–Crippen LogP) is 3.30. The first kappa shape index (κ1) is 19.6. The quantitative estimate of drug-likeness (QED) is 0.423. The van der Waals surface area contributed by atoms with E-state index in [4.69, 9.17) is 14.5 Å². The molecule has 25 heavy (non-hydrogen) atoms. The largest absolute Gasteiger partial charge is 0.494 e. The Morgan fingerprint density at radius 1 is 1.36 bits per heavy atom. The van der Waals surface area contributed by atoms with E-state index >= 15 is 0 Å². The molecule has 1 aliphatic heterocycles. The van der Waals surface area contributed by atoms with Gasteiger partial charge < -0.3 is 19.7 Å². The van der Waals surface area contributed by atoms with Crippen LogP contribution in [0.4, 0.5) is 0 Å². The molecule has 5 heteroatoms. The zero-order chi connectivity index (χ0) is 17.9. The van der Waals surface area contributed by atoms with Gasteiger partial charge in [-0.3, -0.25) is 0 Å². The third-order valence-corrected chi connectivity index (χ3v) is 4.40. The summed E-state index contributed by atoms with van der Waals surface area (Å²) >= 11 is 0. The molecule has 1 N–H and O–H groups in total. The molecule has 1 atom stereocenters. The second-order valence-corrected chi connectivity index (χ2v) is 6.58. The molecule has 0 aromatic heterocycles. The van der Waals surface area contributed by atoms with Crippen LogP contribution in [-0.4, -0.2) is 50.8 Å². The van der Waals surface area contributed by atoms with Crippen LogP contribution in [-0.2, 0) is 11.3 Å². The molecule has 1 aromatic carbocycles. The second-order valence-electron chi connectivity index (χ2n) is 6.58. The van der Waals surface area contributed by atoms with E-state index < -0.39 is 0 Å². The van der Waals surface area contributed by atoms with Crippen molar-refractivity contribution in [3.8, 4) is 5.75 Å². The van der Waals surface area contributed by atoms with Crippen LogP contribution in [0.5, 0.6) is 5.75 Å². The van der Waals surface area contributed by atoms with Crippen molar-refractivity contribution in [3.05, 3.63) is 29.8 Å². The lowest BCUT2D eigenvalue weighted by molar-refractivity contribution is 0.157. The van der Waals surface area contributed by atoms with E-state index in [9.17, 15) is 0 Å². The molecule has 0 radical (unpaired) electrons. The average molecular weight is 348 g/mol. The predicted molar refractivity (Wildman–Crippen MR) is 103 cm³/mol. The van der Waals surface area contributed by atoms with Crippen molar-refractivity contribution in [2.75, 3.05) is 40.0 Å². The maximum absolute atomic E-state index is 5.79. The van der Waals surface area contributed by atoms with Crippen molar-refractivity contribution in [2.24, 2.45) is 10.9 Å². The molecule has 2 rings (SSSR count). The molecule has 0 bridgehead atoms. The van der Waals surface area contributed by atoms with E-state index in [1.807, 2.05) is 12.1 Å². The van der Waals surface area contributed by atoms with Crippen molar-refractivity contribution in [2.45, 2.75) is 39.7 Å². The van der Waals surface area contributed by atoms with Crippen LogP contribution in [0, 0.1) is 5.92 Å². The van der Waals surface area contributed by atoms with Crippen LogP contribution in [0.25, 0.3) is 0 Å². The molecule has 0 spiro atoms. The Morgan fingerprint density at radius 3 is 3.00 bits per heavy atom. The molecule has 1 aromatic rings. The third kappa shape index (κ3) is 6.58.